The third-order valence-corrected chi connectivity index (χ3v) is 4.80. The summed E-state index contributed by atoms with van der Waals surface area (Å²) in [5.41, 5.74) is 5.95. The smallest absolute Gasteiger partial charge is 0.225 e. The van der Waals surface area contributed by atoms with Gasteiger partial charge in [0.1, 0.15) is 0 Å². The van der Waals surface area contributed by atoms with Crippen LogP contribution in [0.15, 0.2) is 0 Å². The molecule has 104 valence electrons. The van der Waals surface area contributed by atoms with Gasteiger partial charge in [-0.25, -0.2) is 0 Å². The first-order valence-electron chi connectivity index (χ1n) is 7.73. The van der Waals surface area contributed by atoms with Gasteiger partial charge in [-0.05, 0) is 38.5 Å². The Balaban J connectivity index is 1.82. The molecule has 3 nitrogen and oxygen atoms in total. The molecule has 3 heteroatoms. The van der Waals surface area contributed by atoms with Crippen molar-refractivity contribution in [2.24, 2.45) is 17.6 Å². The number of likely N-dealkylation sites (tertiary alicyclic amines) is 1. The van der Waals surface area contributed by atoms with Crippen molar-refractivity contribution < 1.29 is 4.79 Å². The van der Waals surface area contributed by atoms with Crippen LogP contribution in [0.3, 0.4) is 0 Å². The lowest BCUT2D eigenvalue weighted by molar-refractivity contribution is -0.137. The molecule has 0 radical (unpaired) electrons. The summed E-state index contributed by atoms with van der Waals surface area (Å²) >= 11 is 0. The van der Waals surface area contributed by atoms with Crippen LogP contribution in [0.2, 0.25) is 0 Å². The summed E-state index contributed by atoms with van der Waals surface area (Å²) in [6, 6.07) is 0.278. The molecule has 18 heavy (non-hydrogen) atoms. The molecular weight excluding hydrogens is 224 g/mol. The van der Waals surface area contributed by atoms with Crippen LogP contribution in [0.5, 0.6) is 0 Å². The molecule has 0 bridgehead atoms. The molecule has 0 aromatic rings. The lowest BCUT2D eigenvalue weighted by Gasteiger charge is -2.35. The van der Waals surface area contributed by atoms with Gasteiger partial charge < -0.3 is 10.6 Å². The van der Waals surface area contributed by atoms with Crippen molar-refractivity contribution in [2.75, 3.05) is 13.1 Å². The summed E-state index contributed by atoms with van der Waals surface area (Å²) in [5.74, 6) is 1.36. The Hall–Kier alpha value is -0.570. The van der Waals surface area contributed by atoms with E-state index in [0.717, 1.165) is 38.8 Å². The van der Waals surface area contributed by atoms with E-state index in [1.54, 1.807) is 0 Å². The van der Waals surface area contributed by atoms with E-state index in [0.29, 0.717) is 17.7 Å². The fourth-order valence-corrected chi connectivity index (χ4v) is 3.43. The van der Waals surface area contributed by atoms with E-state index in [9.17, 15) is 4.79 Å². The van der Waals surface area contributed by atoms with Crippen LogP contribution in [-0.4, -0.2) is 29.9 Å². The van der Waals surface area contributed by atoms with Gasteiger partial charge in [0.05, 0.1) is 0 Å². The maximum atomic E-state index is 12.5. The van der Waals surface area contributed by atoms with Gasteiger partial charge in [0, 0.05) is 25.0 Å². The molecule has 2 fully saturated rings. The number of nitrogens with zero attached hydrogens (tertiary/aromatic N) is 1. The van der Waals surface area contributed by atoms with Gasteiger partial charge in [-0.15, -0.1) is 0 Å². The topological polar surface area (TPSA) is 46.3 Å². The molecule has 0 spiro atoms. The highest BCUT2D eigenvalue weighted by molar-refractivity contribution is 5.78. The molecule has 2 aliphatic rings. The van der Waals surface area contributed by atoms with Gasteiger partial charge in [-0.3, -0.25) is 4.79 Å². The van der Waals surface area contributed by atoms with E-state index in [1.807, 2.05) is 0 Å². The SMILES string of the molecule is CC(N)C1CCN(C(=O)C2CCCCCC2)CC1. The van der Waals surface area contributed by atoms with Crippen molar-refractivity contribution in [1.29, 1.82) is 0 Å². The molecule has 1 saturated carbocycles. The number of hydrogen-bond donors (Lipinski definition) is 1. The van der Waals surface area contributed by atoms with Crippen LogP contribution in [0.25, 0.3) is 0 Å². The number of piperidine rings is 1. The van der Waals surface area contributed by atoms with Crippen molar-refractivity contribution in [1.82, 2.24) is 4.90 Å². The van der Waals surface area contributed by atoms with Gasteiger partial charge in [0.2, 0.25) is 5.91 Å². The molecule has 1 saturated heterocycles. The van der Waals surface area contributed by atoms with Gasteiger partial charge in [-0.2, -0.15) is 0 Å². The Bertz CT molecular complexity index is 262. The summed E-state index contributed by atoms with van der Waals surface area (Å²) in [7, 11) is 0. The van der Waals surface area contributed by atoms with E-state index >= 15 is 0 Å². The zero-order chi connectivity index (χ0) is 13.0. The Kier molecular flexibility index (Phi) is 5.04. The number of carbonyl (C=O) groups is 1. The second kappa shape index (κ2) is 6.55. The Morgan fingerprint density at radius 2 is 1.61 bits per heavy atom. The van der Waals surface area contributed by atoms with Gasteiger partial charge in [-0.1, -0.05) is 25.7 Å². The average Bonchev–Trinajstić information content (AvgIpc) is 2.67. The molecule has 2 N–H and O–H groups in total. The molecule has 2 rings (SSSR count). The van der Waals surface area contributed by atoms with Crippen LogP contribution in [0.4, 0.5) is 0 Å². The first kappa shape index (κ1) is 13.9. The molecule has 1 aliphatic heterocycles. The highest BCUT2D eigenvalue weighted by Gasteiger charge is 2.29. The number of rotatable bonds is 2. The molecule has 1 heterocycles. The minimum atomic E-state index is 0.278. The van der Waals surface area contributed by atoms with E-state index in [-0.39, 0.29) is 6.04 Å². The zero-order valence-electron chi connectivity index (χ0n) is 11.7. The van der Waals surface area contributed by atoms with Crippen molar-refractivity contribution in [3.8, 4) is 0 Å². The Labute approximate surface area is 111 Å². The fraction of sp³-hybridized carbons (Fsp3) is 0.933. The van der Waals surface area contributed by atoms with Crippen molar-refractivity contribution in [3.05, 3.63) is 0 Å². The predicted octanol–water partition coefficient (Wildman–Crippen LogP) is 2.54. The molecule has 1 amide bonds. The van der Waals surface area contributed by atoms with Crippen molar-refractivity contribution in [3.63, 3.8) is 0 Å². The normalized spacial score (nSPS) is 25.8. The maximum Gasteiger partial charge on any atom is 0.225 e. The quantitative estimate of drug-likeness (QED) is 0.768. The molecule has 1 unspecified atom stereocenters. The van der Waals surface area contributed by atoms with Crippen LogP contribution in [-0.2, 0) is 4.79 Å². The first-order valence-corrected chi connectivity index (χ1v) is 7.73. The molecular formula is C15H28N2O. The maximum absolute atomic E-state index is 12.5. The third kappa shape index (κ3) is 3.47. The summed E-state index contributed by atoms with van der Waals surface area (Å²) in [5, 5.41) is 0. The second-order valence-electron chi connectivity index (χ2n) is 6.21. The molecule has 1 aliphatic carbocycles. The molecule has 0 aromatic heterocycles. The Morgan fingerprint density at radius 1 is 1.06 bits per heavy atom. The van der Waals surface area contributed by atoms with Gasteiger partial charge >= 0.3 is 0 Å². The zero-order valence-corrected chi connectivity index (χ0v) is 11.7. The largest absolute Gasteiger partial charge is 0.342 e. The summed E-state index contributed by atoms with van der Waals surface area (Å²) in [6.45, 7) is 3.95. The Morgan fingerprint density at radius 3 is 2.11 bits per heavy atom. The predicted molar refractivity (Wildman–Crippen MR) is 74.1 cm³/mol. The summed E-state index contributed by atoms with van der Waals surface area (Å²) in [6.07, 6.45) is 9.54. The van der Waals surface area contributed by atoms with Crippen LogP contribution in [0, 0.1) is 11.8 Å². The highest BCUT2D eigenvalue weighted by Crippen LogP contribution is 2.27. The van der Waals surface area contributed by atoms with Gasteiger partial charge in [0.25, 0.3) is 0 Å². The van der Waals surface area contributed by atoms with E-state index in [1.165, 1.54) is 25.7 Å². The second-order valence-corrected chi connectivity index (χ2v) is 6.21. The van der Waals surface area contributed by atoms with Crippen molar-refractivity contribution >= 4 is 5.91 Å². The third-order valence-electron chi connectivity index (χ3n) is 4.80. The minimum Gasteiger partial charge on any atom is -0.342 e. The number of carbonyl (C=O) groups excluding carboxylic acids is 1. The minimum absolute atomic E-state index is 0.278. The number of hydrogen-bond acceptors (Lipinski definition) is 2. The van der Waals surface area contributed by atoms with Crippen LogP contribution >= 0.6 is 0 Å². The van der Waals surface area contributed by atoms with Crippen LogP contribution in [0.1, 0.15) is 58.3 Å². The lowest BCUT2D eigenvalue weighted by Crippen LogP contribution is -2.44. The summed E-state index contributed by atoms with van der Waals surface area (Å²) < 4.78 is 0. The fourth-order valence-electron chi connectivity index (χ4n) is 3.43. The molecule has 0 aromatic carbocycles. The molecule has 1 atom stereocenters. The first-order chi connectivity index (χ1) is 8.68. The van der Waals surface area contributed by atoms with Crippen LogP contribution < -0.4 is 5.73 Å². The number of nitrogens with two attached hydrogens (primary N) is 1. The monoisotopic (exact) mass is 252 g/mol. The van der Waals surface area contributed by atoms with E-state index < -0.39 is 0 Å². The lowest BCUT2D eigenvalue weighted by atomic mass is 9.89. The highest BCUT2D eigenvalue weighted by atomic mass is 16.2. The van der Waals surface area contributed by atoms with E-state index in [2.05, 4.69) is 11.8 Å². The summed E-state index contributed by atoms with van der Waals surface area (Å²) in [4.78, 5) is 14.6. The number of amides is 1. The van der Waals surface area contributed by atoms with Gasteiger partial charge in [0.15, 0.2) is 0 Å². The van der Waals surface area contributed by atoms with E-state index in [4.69, 9.17) is 5.73 Å². The average molecular weight is 252 g/mol. The standard InChI is InChI=1S/C15H28N2O/c1-12(16)13-8-10-17(11-9-13)15(18)14-6-4-2-3-5-7-14/h12-14H,2-11,16H2,1H3. The van der Waals surface area contributed by atoms with Crippen molar-refractivity contribution in [2.45, 2.75) is 64.3 Å².